The fourth-order valence-electron chi connectivity index (χ4n) is 3.26. The van der Waals surface area contributed by atoms with Gasteiger partial charge in [-0.3, -0.25) is 4.79 Å². The first-order valence-electron chi connectivity index (χ1n) is 9.50. The molecule has 0 radical (unpaired) electrons. The zero-order chi connectivity index (χ0) is 20.0. The minimum Gasteiger partial charge on any atom is -0.483 e. The summed E-state index contributed by atoms with van der Waals surface area (Å²) in [6, 6.07) is 16.8. The van der Waals surface area contributed by atoms with Gasteiger partial charge in [-0.15, -0.1) is 0 Å². The second kappa shape index (κ2) is 9.21. The van der Waals surface area contributed by atoms with E-state index in [4.69, 9.17) is 4.74 Å². The Morgan fingerprint density at radius 1 is 0.964 bits per heavy atom. The summed E-state index contributed by atoms with van der Waals surface area (Å²) in [7, 11) is -3.39. The van der Waals surface area contributed by atoms with E-state index < -0.39 is 10.0 Å². The first-order valence-corrected chi connectivity index (χ1v) is 11.1. The second-order valence-electron chi connectivity index (χ2n) is 6.77. The number of hydrogen-bond donors (Lipinski definition) is 0. The van der Waals surface area contributed by atoms with Crippen molar-refractivity contribution in [1.82, 2.24) is 9.21 Å². The molecule has 1 aliphatic heterocycles. The standard InChI is InChI=1S/C21H26N2O4S/c1-2-19-10-6-7-11-20(19)27-16-21(24)22-12-14-23(15-13-22)28(25,26)17-18-8-4-3-5-9-18/h3-11H,2,12-17H2,1H3. The third kappa shape index (κ3) is 5.11. The van der Waals surface area contributed by atoms with Crippen molar-refractivity contribution in [3.63, 3.8) is 0 Å². The summed E-state index contributed by atoms with van der Waals surface area (Å²) in [5, 5.41) is 0. The maximum atomic E-state index is 12.6. The number of nitrogens with zero attached hydrogens (tertiary/aromatic N) is 2. The lowest BCUT2D eigenvalue weighted by atomic mass is 10.1. The molecule has 0 aromatic heterocycles. The summed E-state index contributed by atoms with van der Waals surface area (Å²) in [5.41, 5.74) is 1.83. The van der Waals surface area contributed by atoms with Gasteiger partial charge in [0, 0.05) is 26.2 Å². The van der Waals surface area contributed by atoms with Crippen molar-refractivity contribution in [2.24, 2.45) is 0 Å². The van der Waals surface area contributed by atoms with Gasteiger partial charge in [-0.25, -0.2) is 8.42 Å². The topological polar surface area (TPSA) is 66.9 Å². The molecule has 0 unspecified atom stereocenters. The lowest BCUT2D eigenvalue weighted by Crippen LogP contribution is -2.51. The molecule has 0 atom stereocenters. The lowest BCUT2D eigenvalue weighted by molar-refractivity contribution is -0.134. The molecule has 6 nitrogen and oxygen atoms in total. The molecule has 1 fully saturated rings. The van der Waals surface area contributed by atoms with Gasteiger partial charge in [0.2, 0.25) is 10.0 Å². The van der Waals surface area contributed by atoms with Crippen molar-refractivity contribution in [2.75, 3.05) is 32.8 Å². The van der Waals surface area contributed by atoms with Crippen LogP contribution in [0, 0.1) is 0 Å². The maximum Gasteiger partial charge on any atom is 0.260 e. The van der Waals surface area contributed by atoms with Crippen LogP contribution >= 0.6 is 0 Å². The van der Waals surface area contributed by atoms with E-state index in [1.807, 2.05) is 61.5 Å². The summed E-state index contributed by atoms with van der Waals surface area (Å²) < 4.78 is 32.4. The third-order valence-corrected chi connectivity index (χ3v) is 6.73. The number of sulfonamides is 1. The van der Waals surface area contributed by atoms with Gasteiger partial charge in [0.05, 0.1) is 5.75 Å². The zero-order valence-corrected chi connectivity index (χ0v) is 16.9. The van der Waals surface area contributed by atoms with Crippen molar-refractivity contribution in [2.45, 2.75) is 19.1 Å². The monoisotopic (exact) mass is 402 g/mol. The second-order valence-corrected chi connectivity index (χ2v) is 8.74. The predicted octanol–water partition coefficient (Wildman–Crippen LogP) is 2.30. The van der Waals surface area contributed by atoms with E-state index >= 15 is 0 Å². The van der Waals surface area contributed by atoms with Crippen LogP contribution in [-0.4, -0.2) is 56.3 Å². The van der Waals surface area contributed by atoms with E-state index in [0.29, 0.717) is 26.2 Å². The number of amides is 1. The molecule has 3 rings (SSSR count). The first-order chi connectivity index (χ1) is 13.5. The lowest BCUT2D eigenvalue weighted by Gasteiger charge is -2.34. The highest BCUT2D eigenvalue weighted by molar-refractivity contribution is 7.88. The molecular weight excluding hydrogens is 376 g/mol. The number of ether oxygens (including phenoxy) is 1. The molecule has 0 aliphatic carbocycles. The van der Waals surface area contributed by atoms with Crippen molar-refractivity contribution in [1.29, 1.82) is 0 Å². The van der Waals surface area contributed by atoms with Crippen molar-refractivity contribution >= 4 is 15.9 Å². The smallest absolute Gasteiger partial charge is 0.260 e. The summed E-state index contributed by atoms with van der Waals surface area (Å²) in [6.45, 7) is 3.39. The highest BCUT2D eigenvalue weighted by Crippen LogP contribution is 2.19. The normalized spacial score (nSPS) is 15.4. The Kier molecular flexibility index (Phi) is 6.70. The molecule has 1 heterocycles. The number of para-hydroxylation sites is 1. The van der Waals surface area contributed by atoms with Crippen molar-refractivity contribution < 1.29 is 17.9 Å². The Morgan fingerprint density at radius 2 is 1.61 bits per heavy atom. The molecule has 0 N–H and O–H groups in total. The fourth-order valence-corrected chi connectivity index (χ4v) is 4.78. The number of carbonyl (C=O) groups excluding carboxylic acids is 1. The van der Waals surface area contributed by atoms with E-state index in [0.717, 1.165) is 23.3 Å². The van der Waals surface area contributed by atoms with Crippen LogP contribution in [0.5, 0.6) is 5.75 Å². The molecule has 0 saturated carbocycles. The number of aryl methyl sites for hydroxylation is 1. The van der Waals surface area contributed by atoms with E-state index in [9.17, 15) is 13.2 Å². The molecule has 28 heavy (non-hydrogen) atoms. The van der Waals surface area contributed by atoms with E-state index in [1.54, 1.807) is 4.90 Å². The molecule has 1 amide bonds. The molecule has 2 aromatic rings. The highest BCUT2D eigenvalue weighted by atomic mass is 32.2. The molecule has 7 heteroatoms. The Labute approximate surface area is 166 Å². The van der Waals surface area contributed by atoms with Crippen LogP contribution < -0.4 is 4.74 Å². The van der Waals surface area contributed by atoms with Crippen LogP contribution in [0.25, 0.3) is 0 Å². The van der Waals surface area contributed by atoms with Gasteiger partial charge in [0.15, 0.2) is 6.61 Å². The number of rotatable bonds is 7. The largest absolute Gasteiger partial charge is 0.483 e. The Hall–Kier alpha value is -2.38. The summed E-state index contributed by atoms with van der Waals surface area (Å²) >= 11 is 0. The van der Waals surface area contributed by atoms with Gasteiger partial charge in [-0.2, -0.15) is 4.31 Å². The van der Waals surface area contributed by atoms with Gasteiger partial charge in [0.1, 0.15) is 5.75 Å². The zero-order valence-electron chi connectivity index (χ0n) is 16.1. The Morgan fingerprint density at radius 3 is 2.29 bits per heavy atom. The molecule has 0 spiro atoms. The number of hydrogen-bond acceptors (Lipinski definition) is 4. The summed E-state index contributed by atoms with van der Waals surface area (Å²) in [4.78, 5) is 14.1. The van der Waals surface area contributed by atoms with Gasteiger partial charge < -0.3 is 9.64 Å². The van der Waals surface area contributed by atoms with Crippen LogP contribution in [0.15, 0.2) is 54.6 Å². The first kappa shape index (κ1) is 20.4. The Bertz CT molecular complexity index is 892. The minimum atomic E-state index is -3.39. The highest BCUT2D eigenvalue weighted by Gasteiger charge is 2.29. The maximum absolute atomic E-state index is 12.6. The van der Waals surface area contributed by atoms with Gasteiger partial charge in [-0.05, 0) is 23.6 Å². The van der Waals surface area contributed by atoms with Crippen molar-refractivity contribution in [3.05, 3.63) is 65.7 Å². The molecule has 2 aromatic carbocycles. The molecule has 0 bridgehead atoms. The number of carbonyl (C=O) groups is 1. The average molecular weight is 403 g/mol. The SMILES string of the molecule is CCc1ccccc1OCC(=O)N1CCN(S(=O)(=O)Cc2ccccc2)CC1. The van der Waals surface area contributed by atoms with Crippen LogP contribution in [-0.2, 0) is 27.0 Å². The van der Waals surface area contributed by atoms with Crippen LogP contribution in [0.3, 0.4) is 0 Å². The number of piperazine rings is 1. The van der Waals surface area contributed by atoms with Gasteiger partial charge in [0.25, 0.3) is 5.91 Å². The summed E-state index contributed by atoms with van der Waals surface area (Å²) in [6.07, 6.45) is 0.836. The predicted molar refractivity (Wildman–Crippen MR) is 109 cm³/mol. The minimum absolute atomic E-state index is 0.0152. The fraction of sp³-hybridized carbons (Fsp3) is 0.381. The number of benzene rings is 2. The molecular formula is C21H26N2O4S. The van der Waals surface area contributed by atoms with E-state index in [1.165, 1.54) is 4.31 Å². The quantitative estimate of drug-likeness (QED) is 0.713. The van der Waals surface area contributed by atoms with E-state index in [2.05, 4.69) is 0 Å². The third-order valence-electron chi connectivity index (χ3n) is 4.88. The van der Waals surface area contributed by atoms with Gasteiger partial charge >= 0.3 is 0 Å². The van der Waals surface area contributed by atoms with E-state index in [-0.39, 0.29) is 18.3 Å². The molecule has 150 valence electrons. The molecule has 1 saturated heterocycles. The van der Waals surface area contributed by atoms with Crippen LogP contribution in [0.1, 0.15) is 18.1 Å². The van der Waals surface area contributed by atoms with Gasteiger partial charge in [-0.1, -0.05) is 55.5 Å². The Balaban J connectivity index is 1.51. The van der Waals surface area contributed by atoms with Crippen molar-refractivity contribution in [3.8, 4) is 5.75 Å². The summed E-state index contributed by atoms with van der Waals surface area (Å²) in [5.74, 6) is 0.590. The van der Waals surface area contributed by atoms with Crippen LogP contribution in [0.4, 0.5) is 0 Å². The van der Waals surface area contributed by atoms with Crippen LogP contribution in [0.2, 0.25) is 0 Å². The molecule has 1 aliphatic rings. The average Bonchev–Trinajstić information content (AvgIpc) is 2.72.